The van der Waals surface area contributed by atoms with Crippen molar-refractivity contribution in [3.05, 3.63) is 0 Å². The molecule has 0 aromatic heterocycles. The number of hydrogen-bond donors (Lipinski definition) is 2. The Bertz CT molecular complexity index is 308. The van der Waals surface area contributed by atoms with Crippen molar-refractivity contribution >= 4 is 11.9 Å². The summed E-state index contributed by atoms with van der Waals surface area (Å²) >= 11 is 0. The molecule has 0 radical (unpaired) electrons. The number of carboxylic acid groups (broad SMARTS) is 1. The van der Waals surface area contributed by atoms with Gasteiger partial charge in [0.1, 0.15) is 6.10 Å². The fourth-order valence-electron chi connectivity index (χ4n) is 1.53. The first-order valence-corrected chi connectivity index (χ1v) is 5.90. The van der Waals surface area contributed by atoms with Crippen molar-refractivity contribution < 1.29 is 19.4 Å². The summed E-state index contributed by atoms with van der Waals surface area (Å²) in [6, 6.07) is 0.0162. The van der Waals surface area contributed by atoms with Crippen molar-refractivity contribution in [3.8, 4) is 0 Å². The van der Waals surface area contributed by atoms with Crippen LogP contribution in [0.1, 0.15) is 40.5 Å². The van der Waals surface area contributed by atoms with Crippen molar-refractivity contribution in [2.24, 2.45) is 5.41 Å². The Labute approximate surface area is 102 Å². The summed E-state index contributed by atoms with van der Waals surface area (Å²) in [7, 11) is 0. The van der Waals surface area contributed by atoms with Gasteiger partial charge in [0.25, 0.3) is 0 Å². The number of hydrogen-bond acceptors (Lipinski definition) is 3. The van der Waals surface area contributed by atoms with Crippen LogP contribution in [-0.4, -0.2) is 35.2 Å². The number of carbonyl (C=O) groups excluding carboxylic acids is 1. The largest absolute Gasteiger partial charge is 0.479 e. The highest BCUT2D eigenvalue weighted by Gasteiger charge is 2.35. The smallest absolute Gasteiger partial charge is 0.332 e. The predicted octanol–water partition coefficient (Wildman–Crippen LogP) is 1.17. The minimum absolute atomic E-state index is 0.0162. The third-order valence-corrected chi connectivity index (χ3v) is 3.25. The zero-order valence-corrected chi connectivity index (χ0v) is 10.8. The first-order chi connectivity index (χ1) is 7.71. The van der Waals surface area contributed by atoms with E-state index < -0.39 is 18.2 Å². The van der Waals surface area contributed by atoms with Crippen LogP contribution in [0.4, 0.5) is 0 Å². The Hall–Kier alpha value is -1.10. The number of nitrogens with one attached hydrogen (secondary N) is 1. The Morgan fingerprint density at radius 2 is 1.82 bits per heavy atom. The van der Waals surface area contributed by atoms with Crippen LogP contribution in [0, 0.1) is 5.41 Å². The number of ether oxygens (including phenoxy) is 1. The van der Waals surface area contributed by atoms with Gasteiger partial charge < -0.3 is 15.2 Å². The molecule has 0 spiro atoms. The first-order valence-electron chi connectivity index (χ1n) is 5.90. The van der Waals surface area contributed by atoms with Gasteiger partial charge in [0, 0.05) is 6.04 Å². The van der Waals surface area contributed by atoms with E-state index in [-0.39, 0.29) is 17.4 Å². The molecule has 1 heterocycles. The zero-order chi connectivity index (χ0) is 13.2. The van der Waals surface area contributed by atoms with Crippen molar-refractivity contribution in [3.63, 3.8) is 0 Å². The monoisotopic (exact) mass is 243 g/mol. The zero-order valence-electron chi connectivity index (χ0n) is 10.8. The molecule has 1 rings (SSSR count). The normalized spacial score (nSPS) is 26.6. The second-order valence-corrected chi connectivity index (χ2v) is 5.63. The molecule has 1 aliphatic heterocycles. The van der Waals surface area contributed by atoms with Crippen LogP contribution in [0.2, 0.25) is 0 Å². The summed E-state index contributed by atoms with van der Waals surface area (Å²) in [4.78, 5) is 22.5. The molecule has 0 aliphatic carbocycles. The fourth-order valence-corrected chi connectivity index (χ4v) is 1.53. The second-order valence-electron chi connectivity index (χ2n) is 5.63. The van der Waals surface area contributed by atoms with Gasteiger partial charge in [-0.05, 0) is 25.2 Å². The lowest BCUT2D eigenvalue weighted by molar-refractivity contribution is -0.152. The van der Waals surface area contributed by atoms with Crippen LogP contribution < -0.4 is 5.32 Å². The molecule has 0 aromatic carbocycles. The average Bonchev–Trinajstić information content (AvgIpc) is 2.64. The molecular weight excluding hydrogens is 222 g/mol. The van der Waals surface area contributed by atoms with Crippen LogP contribution in [0.25, 0.3) is 0 Å². The van der Waals surface area contributed by atoms with Gasteiger partial charge in [0.05, 0.1) is 0 Å². The molecule has 0 bridgehead atoms. The Morgan fingerprint density at radius 3 is 2.24 bits per heavy atom. The molecule has 1 amide bonds. The lowest BCUT2D eigenvalue weighted by atomic mass is 9.88. The molecule has 17 heavy (non-hydrogen) atoms. The van der Waals surface area contributed by atoms with E-state index in [9.17, 15) is 9.59 Å². The van der Waals surface area contributed by atoms with Crippen molar-refractivity contribution in [1.82, 2.24) is 5.32 Å². The molecule has 1 aliphatic rings. The molecule has 98 valence electrons. The van der Waals surface area contributed by atoms with E-state index >= 15 is 0 Å². The number of rotatable bonds is 3. The van der Waals surface area contributed by atoms with Gasteiger partial charge in [-0.2, -0.15) is 0 Å². The van der Waals surface area contributed by atoms with Crippen LogP contribution >= 0.6 is 0 Å². The molecule has 1 fully saturated rings. The lowest BCUT2D eigenvalue weighted by Gasteiger charge is -2.29. The summed E-state index contributed by atoms with van der Waals surface area (Å²) in [6.07, 6.45) is -0.589. The minimum atomic E-state index is -0.996. The third kappa shape index (κ3) is 3.70. The molecule has 1 saturated heterocycles. The maximum absolute atomic E-state index is 11.8. The van der Waals surface area contributed by atoms with Crippen molar-refractivity contribution in [2.45, 2.75) is 58.8 Å². The molecule has 0 aromatic rings. The molecule has 5 heteroatoms. The minimum Gasteiger partial charge on any atom is -0.479 e. The Balaban J connectivity index is 2.48. The lowest BCUT2D eigenvalue weighted by Crippen LogP contribution is -2.46. The highest BCUT2D eigenvalue weighted by atomic mass is 16.5. The molecule has 3 atom stereocenters. The average molecular weight is 243 g/mol. The third-order valence-electron chi connectivity index (χ3n) is 3.25. The van der Waals surface area contributed by atoms with Crippen LogP contribution in [0.3, 0.4) is 0 Å². The summed E-state index contributed by atoms with van der Waals surface area (Å²) in [6.45, 7) is 8.04. The van der Waals surface area contributed by atoms with E-state index in [4.69, 9.17) is 9.84 Å². The first kappa shape index (κ1) is 14.0. The molecule has 5 nitrogen and oxygen atoms in total. The van der Waals surface area contributed by atoms with Gasteiger partial charge in [0.15, 0.2) is 6.10 Å². The van der Waals surface area contributed by atoms with Crippen molar-refractivity contribution in [1.29, 1.82) is 0 Å². The molecular formula is C12H21NO4. The number of carbonyl (C=O) groups is 2. The van der Waals surface area contributed by atoms with Gasteiger partial charge in [-0.1, -0.05) is 20.8 Å². The molecule has 0 saturated carbocycles. The van der Waals surface area contributed by atoms with Crippen molar-refractivity contribution in [2.75, 3.05) is 0 Å². The highest BCUT2D eigenvalue weighted by Crippen LogP contribution is 2.22. The standard InChI is InChI=1S/C12H21NO4/c1-7(12(2,3)4)13-10(14)8-5-6-9(17-8)11(15)16/h7-9H,5-6H2,1-4H3,(H,13,14)(H,15,16). The summed E-state index contributed by atoms with van der Waals surface area (Å²) in [5.41, 5.74) is -0.0273. The van der Waals surface area contributed by atoms with E-state index in [1.807, 2.05) is 27.7 Å². The number of amides is 1. The fraction of sp³-hybridized carbons (Fsp3) is 0.833. The summed E-state index contributed by atoms with van der Waals surface area (Å²) in [5.74, 6) is -1.21. The van der Waals surface area contributed by atoms with Gasteiger partial charge in [-0.25, -0.2) is 4.79 Å². The van der Waals surface area contributed by atoms with E-state index in [2.05, 4.69) is 5.32 Å². The van der Waals surface area contributed by atoms with E-state index in [0.717, 1.165) is 0 Å². The van der Waals surface area contributed by atoms with Gasteiger partial charge in [0.2, 0.25) is 5.91 Å². The van der Waals surface area contributed by atoms with Gasteiger partial charge in [-0.15, -0.1) is 0 Å². The van der Waals surface area contributed by atoms with E-state index in [1.165, 1.54) is 0 Å². The van der Waals surface area contributed by atoms with Gasteiger partial charge in [-0.3, -0.25) is 4.79 Å². The van der Waals surface area contributed by atoms with Crippen LogP contribution in [0.15, 0.2) is 0 Å². The molecule has 2 N–H and O–H groups in total. The SMILES string of the molecule is CC(NC(=O)C1CCC(C(=O)O)O1)C(C)(C)C. The maximum atomic E-state index is 11.8. The predicted molar refractivity (Wildman–Crippen MR) is 62.6 cm³/mol. The van der Waals surface area contributed by atoms with Crippen LogP contribution in [0.5, 0.6) is 0 Å². The number of carboxylic acids is 1. The highest BCUT2D eigenvalue weighted by molar-refractivity contribution is 5.82. The topological polar surface area (TPSA) is 75.6 Å². The molecule has 3 unspecified atom stereocenters. The Kier molecular flexibility index (Phi) is 4.14. The van der Waals surface area contributed by atoms with Crippen LogP contribution in [-0.2, 0) is 14.3 Å². The summed E-state index contributed by atoms with van der Waals surface area (Å²) < 4.78 is 5.19. The maximum Gasteiger partial charge on any atom is 0.332 e. The van der Waals surface area contributed by atoms with Gasteiger partial charge >= 0.3 is 5.97 Å². The van der Waals surface area contributed by atoms with E-state index in [0.29, 0.717) is 12.8 Å². The van der Waals surface area contributed by atoms with E-state index in [1.54, 1.807) is 0 Å². The quantitative estimate of drug-likeness (QED) is 0.780. The summed E-state index contributed by atoms with van der Waals surface area (Å²) in [5, 5.41) is 11.6. The Morgan fingerprint density at radius 1 is 1.29 bits per heavy atom. The number of aliphatic carboxylic acids is 1. The second kappa shape index (κ2) is 5.04.